The Morgan fingerprint density at radius 2 is 1.70 bits per heavy atom. The van der Waals surface area contributed by atoms with Crippen molar-refractivity contribution < 1.29 is 9.59 Å². The number of carbonyl (C=O) groups is 2. The van der Waals surface area contributed by atoms with Crippen molar-refractivity contribution in [2.24, 2.45) is 0 Å². The lowest BCUT2D eigenvalue weighted by Gasteiger charge is -2.35. The Kier molecular flexibility index (Phi) is 6.00. The summed E-state index contributed by atoms with van der Waals surface area (Å²) in [6.45, 7) is 4.08. The number of carbonyl (C=O) groups excluding carboxylic acids is 2. The molecule has 7 nitrogen and oxygen atoms in total. The van der Waals surface area contributed by atoms with Gasteiger partial charge in [0.15, 0.2) is 5.69 Å². The molecule has 170 valence electrons. The van der Waals surface area contributed by atoms with Gasteiger partial charge in [-0.2, -0.15) is 5.10 Å². The minimum Gasteiger partial charge on any atom is -0.368 e. The second-order valence-corrected chi connectivity index (χ2v) is 9.06. The first kappa shape index (κ1) is 21.8. The Morgan fingerprint density at radius 1 is 0.909 bits per heavy atom. The summed E-state index contributed by atoms with van der Waals surface area (Å²) in [5.74, 6) is -0.286. The molecule has 0 N–H and O–H groups in total. The van der Waals surface area contributed by atoms with E-state index in [4.69, 9.17) is 23.2 Å². The SMILES string of the molecule is O=C(c1cc2n(n1)CCN(Cc1ccccc1Cl)C2=O)N1CCN(c2cccc(Cl)c2)CC1. The molecule has 3 heterocycles. The fourth-order valence-electron chi connectivity index (χ4n) is 4.33. The number of aromatic nitrogens is 2. The highest BCUT2D eigenvalue weighted by Crippen LogP contribution is 2.23. The molecule has 0 spiro atoms. The lowest BCUT2D eigenvalue weighted by atomic mass is 10.2. The number of halogens is 2. The van der Waals surface area contributed by atoms with Gasteiger partial charge in [0.1, 0.15) is 5.69 Å². The Balaban J connectivity index is 1.25. The highest BCUT2D eigenvalue weighted by Gasteiger charge is 2.30. The van der Waals surface area contributed by atoms with Crippen molar-refractivity contribution in [2.45, 2.75) is 13.1 Å². The van der Waals surface area contributed by atoms with Crippen LogP contribution in [0.2, 0.25) is 10.0 Å². The Bertz CT molecular complexity index is 1200. The first-order valence-electron chi connectivity index (χ1n) is 10.9. The summed E-state index contributed by atoms with van der Waals surface area (Å²) in [4.78, 5) is 31.9. The smallest absolute Gasteiger partial charge is 0.274 e. The Hall–Kier alpha value is -3.03. The number of hydrogen-bond acceptors (Lipinski definition) is 4. The molecule has 0 bridgehead atoms. The number of piperazine rings is 1. The van der Waals surface area contributed by atoms with Gasteiger partial charge in [-0.15, -0.1) is 0 Å². The summed E-state index contributed by atoms with van der Waals surface area (Å²) in [7, 11) is 0. The van der Waals surface area contributed by atoms with Gasteiger partial charge >= 0.3 is 0 Å². The molecule has 0 radical (unpaired) electrons. The quantitative estimate of drug-likeness (QED) is 0.565. The maximum atomic E-state index is 13.1. The molecule has 1 saturated heterocycles. The predicted octanol–water partition coefficient (Wildman–Crippen LogP) is 3.81. The zero-order valence-electron chi connectivity index (χ0n) is 18.0. The fourth-order valence-corrected chi connectivity index (χ4v) is 4.71. The third kappa shape index (κ3) is 4.43. The van der Waals surface area contributed by atoms with Gasteiger partial charge in [0.05, 0.1) is 6.54 Å². The van der Waals surface area contributed by atoms with Crippen LogP contribution in [0.4, 0.5) is 5.69 Å². The van der Waals surface area contributed by atoms with E-state index in [1.54, 1.807) is 20.5 Å². The van der Waals surface area contributed by atoms with E-state index in [2.05, 4.69) is 10.00 Å². The lowest BCUT2D eigenvalue weighted by Crippen LogP contribution is -2.48. The van der Waals surface area contributed by atoms with Crippen LogP contribution in [-0.4, -0.2) is 64.1 Å². The number of benzene rings is 2. The van der Waals surface area contributed by atoms with E-state index in [1.807, 2.05) is 48.5 Å². The van der Waals surface area contributed by atoms with Crippen molar-refractivity contribution in [1.29, 1.82) is 0 Å². The Labute approximate surface area is 202 Å². The van der Waals surface area contributed by atoms with E-state index in [0.717, 1.165) is 11.3 Å². The molecule has 1 fully saturated rings. The highest BCUT2D eigenvalue weighted by atomic mass is 35.5. The highest BCUT2D eigenvalue weighted by molar-refractivity contribution is 6.31. The van der Waals surface area contributed by atoms with Crippen LogP contribution in [0.15, 0.2) is 54.6 Å². The van der Waals surface area contributed by atoms with E-state index in [9.17, 15) is 9.59 Å². The molecule has 2 aliphatic rings. The summed E-state index contributed by atoms with van der Waals surface area (Å²) in [6.07, 6.45) is 0. The van der Waals surface area contributed by atoms with E-state index >= 15 is 0 Å². The zero-order valence-corrected chi connectivity index (χ0v) is 19.5. The molecule has 0 atom stereocenters. The molecule has 5 rings (SSSR count). The molecular formula is C24H23Cl2N5O2. The number of nitrogens with zero attached hydrogens (tertiary/aromatic N) is 5. The van der Waals surface area contributed by atoms with Gasteiger partial charge in [-0.3, -0.25) is 14.3 Å². The molecule has 2 aromatic carbocycles. The second kappa shape index (κ2) is 9.08. The van der Waals surface area contributed by atoms with Crippen LogP contribution in [-0.2, 0) is 13.1 Å². The summed E-state index contributed by atoms with van der Waals surface area (Å²) in [6, 6.07) is 16.9. The van der Waals surface area contributed by atoms with Gasteiger partial charge in [-0.1, -0.05) is 47.5 Å². The molecule has 1 aromatic heterocycles. The van der Waals surface area contributed by atoms with E-state index < -0.39 is 0 Å². The molecule has 0 aliphatic carbocycles. The van der Waals surface area contributed by atoms with Crippen LogP contribution in [0.1, 0.15) is 26.5 Å². The Morgan fingerprint density at radius 3 is 2.45 bits per heavy atom. The van der Waals surface area contributed by atoms with Crippen molar-refractivity contribution in [3.05, 3.63) is 81.6 Å². The van der Waals surface area contributed by atoms with Gasteiger partial charge in [0, 0.05) is 61.1 Å². The normalized spacial score (nSPS) is 16.2. The number of amides is 2. The molecule has 33 heavy (non-hydrogen) atoms. The first-order valence-corrected chi connectivity index (χ1v) is 11.7. The van der Waals surface area contributed by atoms with Gasteiger partial charge in [-0.25, -0.2) is 0 Å². The van der Waals surface area contributed by atoms with Crippen LogP contribution < -0.4 is 4.90 Å². The summed E-state index contributed by atoms with van der Waals surface area (Å²) >= 11 is 12.4. The number of rotatable bonds is 4. The summed E-state index contributed by atoms with van der Waals surface area (Å²) in [5, 5.41) is 5.78. The summed E-state index contributed by atoms with van der Waals surface area (Å²) < 4.78 is 1.64. The van der Waals surface area contributed by atoms with E-state index in [-0.39, 0.29) is 11.8 Å². The number of hydrogen-bond donors (Lipinski definition) is 0. The molecule has 9 heteroatoms. The van der Waals surface area contributed by atoms with Crippen LogP contribution in [0.25, 0.3) is 0 Å². The van der Waals surface area contributed by atoms with E-state index in [0.29, 0.717) is 67.2 Å². The van der Waals surface area contributed by atoms with Crippen molar-refractivity contribution >= 4 is 40.7 Å². The average Bonchev–Trinajstić information content (AvgIpc) is 3.27. The van der Waals surface area contributed by atoms with Crippen LogP contribution >= 0.6 is 23.2 Å². The molecule has 2 amide bonds. The monoisotopic (exact) mass is 483 g/mol. The van der Waals surface area contributed by atoms with Gasteiger partial charge < -0.3 is 14.7 Å². The van der Waals surface area contributed by atoms with Crippen LogP contribution in [0.3, 0.4) is 0 Å². The zero-order chi connectivity index (χ0) is 22.9. The van der Waals surface area contributed by atoms with E-state index in [1.165, 1.54) is 0 Å². The minimum absolute atomic E-state index is 0.140. The third-order valence-electron chi connectivity index (χ3n) is 6.15. The average molecular weight is 484 g/mol. The topological polar surface area (TPSA) is 61.7 Å². The van der Waals surface area contributed by atoms with Gasteiger partial charge in [-0.05, 0) is 29.8 Å². The summed E-state index contributed by atoms with van der Waals surface area (Å²) in [5.41, 5.74) is 2.70. The first-order chi connectivity index (χ1) is 16.0. The maximum absolute atomic E-state index is 13.1. The molecule has 0 unspecified atom stereocenters. The number of fused-ring (bicyclic) bond motifs is 1. The molecule has 2 aliphatic heterocycles. The third-order valence-corrected chi connectivity index (χ3v) is 6.75. The number of anilines is 1. The molecular weight excluding hydrogens is 461 g/mol. The second-order valence-electron chi connectivity index (χ2n) is 8.22. The van der Waals surface area contributed by atoms with Crippen molar-refractivity contribution in [1.82, 2.24) is 19.6 Å². The molecule has 0 saturated carbocycles. The van der Waals surface area contributed by atoms with Crippen molar-refractivity contribution in [3.63, 3.8) is 0 Å². The van der Waals surface area contributed by atoms with Crippen molar-refractivity contribution in [3.8, 4) is 0 Å². The van der Waals surface area contributed by atoms with Crippen LogP contribution in [0, 0.1) is 0 Å². The lowest BCUT2D eigenvalue weighted by molar-refractivity contribution is 0.0680. The van der Waals surface area contributed by atoms with Crippen molar-refractivity contribution in [2.75, 3.05) is 37.6 Å². The largest absolute Gasteiger partial charge is 0.368 e. The predicted molar refractivity (Wildman–Crippen MR) is 128 cm³/mol. The maximum Gasteiger partial charge on any atom is 0.274 e. The standard InChI is InChI=1S/C24H23Cl2N5O2/c25-18-5-3-6-19(14-18)28-8-10-29(11-9-28)23(32)21-15-22-24(33)30(12-13-31(22)27-21)16-17-4-1-2-7-20(17)26/h1-7,14-15H,8-13,16H2. The minimum atomic E-state index is -0.145. The van der Waals surface area contributed by atoms with Crippen LogP contribution in [0.5, 0.6) is 0 Å². The van der Waals surface area contributed by atoms with Gasteiger partial charge in [0.2, 0.25) is 0 Å². The van der Waals surface area contributed by atoms with Gasteiger partial charge in [0.25, 0.3) is 11.8 Å². The fraction of sp³-hybridized carbons (Fsp3) is 0.292. The molecule has 3 aromatic rings.